The second kappa shape index (κ2) is 16.1. The monoisotopic (exact) mass is 812 g/mol. The fourth-order valence-corrected chi connectivity index (χ4v) is 8.25. The minimum atomic E-state index is -0.900. The van der Waals surface area contributed by atoms with Gasteiger partial charge in [0.25, 0.3) is 11.2 Å². The second-order valence-corrected chi connectivity index (χ2v) is 15.2. The number of H-pyrrole nitrogens is 1. The zero-order valence-corrected chi connectivity index (χ0v) is 32.5. The number of carbonyl (C=O) groups excluding carboxylic acids is 1. The van der Waals surface area contributed by atoms with Gasteiger partial charge in [0.2, 0.25) is 5.16 Å². The molecule has 6 aromatic rings. The number of rotatable bonds is 11. The van der Waals surface area contributed by atoms with E-state index in [2.05, 4.69) is 15.2 Å². The predicted octanol–water partition coefficient (Wildman–Crippen LogP) is 7.87. The summed E-state index contributed by atoms with van der Waals surface area (Å²) in [6.07, 6.45) is 1.52. The number of benzene rings is 4. The molecular formula is C39H30Cl2N6O6S2. The van der Waals surface area contributed by atoms with Crippen LogP contribution in [0.5, 0.6) is 5.75 Å². The van der Waals surface area contributed by atoms with Crippen molar-refractivity contribution >= 4 is 69.7 Å². The number of esters is 1. The number of hydrogen-bond acceptors (Lipinski definition) is 11. The highest BCUT2D eigenvalue weighted by molar-refractivity contribution is 7.99. The minimum absolute atomic E-state index is 0.0544. The Hall–Kier alpha value is -5.54. The van der Waals surface area contributed by atoms with Crippen molar-refractivity contribution in [1.82, 2.24) is 19.7 Å². The van der Waals surface area contributed by atoms with Crippen LogP contribution in [0.15, 0.2) is 116 Å². The van der Waals surface area contributed by atoms with Crippen molar-refractivity contribution in [3.8, 4) is 17.1 Å². The molecule has 0 spiro atoms. The van der Waals surface area contributed by atoms with Crippen LogP contribution in [0.25, 0.3) is 23.2 Å². The lowest BCUT2D eigenvalue weighted by molar-refractivity contribution is -0.387. The summed E-state index contributed by atoms with van der Waals surface area (Å²) in [5.74, 6) is 0.401. The van der Waals surface area contributed by atoms with Gasteiger partial charge in [-0.1, -0.05) is 83.1 Å². The van der Waals surface area contributed by atoms with Gasteiger partial charge >= 0.3 is 5.97 Å². The third-order valence-electron chi connectivity index (χ3n) is 8.27. The molecular weight excluding hydrogens is 784 g/mol. The summed E-state index contributed by atoms with van der Waals surface area (Å²) in [6, 6.07) is 25.1. The number of thiazole rings is 1. The van der Waals surface area contributed by atoms with E-state index in [0.29, 0.717) is 54.4 Å². The smallest absolute Gasteiger partial charge is 0.338 e. The quantitative estimate of drug-likeness (QED) is 0.0782. The SMILES string of the molecule is CCOC(=O)C1=C(c2ccccc2)N=c2s/c(=C\c3ccc(Sc4n[nH]c(-c5ccc(Cl)cc5Cl)n4)c([N+](=O)[O-])c3)c(=O)n2[C@@H]1c1ccc(OC(C)C)cc1. The van der Waals surface area contributed by atoms with Gasteiger partial charge < -0.3 is 9.47 Å². The molecule has 16 heteroatoms. The Morgan fingerprint density at radius 1 is 1.07 bits per heavy atom. The molecule has 4 aromatic carbocycles. The number of nitro groups is 1. The average Bonchev–Trinajstić information content (AvgIpc) is 3.75. The molecule has 0 saturated carbocycles. The van der Waals surface area contributed by atoms with Crippen LogP contribution in [-0.2, 0) is 9.53 Å². The van der Waals surface area contributed by atoms with E-state index >= 15 is 0 Å². The number of carbonyl (C=O) groups is 1. The van der Waals surface area contributed by atoms with Crippen LogP contribution in [0.4, 0.5) is 5.69 Å². The third-order valence-corrected chi connectivity index (χ3v) is 10.7. The van der Waals surface area contributed by atoms with Gasteiger partial charge in [0.15, 0.2) is 10.6 Å². The maximum atomic E-state index is 14.4. The molecule has 1 N–H and O–H groups in total. The molecule has 0 aliphatic carbocycles. The number of fused-ring (bicyclic) bond motifs is 1. The van der Waals surface area contributed by atoms with Crippen LogP contribution in [0, 0.1) is 10.1 Å². The number of ether oxygens (including phenoxy) is 2. The summed E-state index contributed by atoms with van der Waals surface area (Å²) in [6.45, 7) is 5.68. The highest BCUT2D eigenvalue weighted by Gasteiger charge is 2.35. The normalized spacial score (nSPS) is 14.1. The highest BCUT2D eigenvalue weighted by Crippen LogP contribution is 2.37. The molecule has 278 valence electrons. The van der Waals surface area contributed by atoms with Crippen molar-refractivity contribution in [2.24, 2.45) is 4.99 Å². The summed E-state index contributed by atoms with van der Waals surface area (Å²) >= 11 is 14.5. The molecule has 0 saturated heterocycles. The molecule has 0 amide bonds. The molecule has 0 bridgehead atoms. The Kier molecular flexibility index (Phi) is 11.0. The molecule has 55 heavy (non-hydrogen) atoms. The molecule has 0 unspecified atom stereocenters. The van der Waals surface area contributed by atoms with Crippen molar-refractivity contribution in [3.05, 3.63) is 153 Å². The Bertz CT molecular complexity index is 2660. The van der Waals surface area contributed by atoms with E-state index in [1.165, 1.54) is 10.6 Å². The summed E-state index contributed by atoms with van der Waals surface area (Å²) in [5, 5.41) is 20.4. The minimum Gasteiger partial charge on any atom is -0.491 e. The molecule has 7 rings (SSSR count). The Morgan fingerprint density at radius 3 is 2.53 bits per heavy atom. The van der Waals surface area contributed by atoms with Gasteiger partial charge in [0.1, 0.15) is 5.75 Å². The lowest BCUT2D eigenvalue weighted by Gasteiger charge is -2.26. The zero-order chi connectivity index (χ0) is 38.8. The first kappa shape index (κ1) is 37.8. The first-order chi connectivity index (χ1) is 26.5. The summed E-state index contributed by atoms with van der Waals surface area (Å²) in [7, 11) is 0. The third kappa shape index (κ3) is 7.98. The molecule has 1 aliphatic rings. The predicted molar refractivity (Wildman–Crippen MR) is 212 cm³/mol. The number of hydrogen-bond donors (Lipinski definition) is 1. The second-order valence-electron chi connectivity index (χ2n) is 12.3. The van der Waals surface area contributed by atoms with Gasteiger partial charge in [-0.3, -0.25) is 24.6 Å². The van der Waals surface area contributed by atoms with Gasteiger partial charge in [0.05, 0.1) is 49.4 Å². The number of halogens is 2. The number of nitrogens with zero attached hydrogens (tertiary/aromatic N) is 5. The maximum absolute atomic E-state index is 14.4. The molecule has 0 fully saturated rings. The van der Waals surface area contributed by atoms with Gasteiger partial charge in [-0.15, -0.1) is 5.10 Å². The molecule has 3 heterocycles. The summed E-state index contributed by atoms with van der Waals surface area (Å²) in [5.41, 5.74) is 2.23. The molecule has 1 atom stereocenters. The molecule has 0 radical (unpaired) electrons. The molecule has 12 nitrogen and oxygen atoms in total. The largest absolute Gasteiger partial charge is 0.491 e. The average molecular weight is 814 g/mol. The van der Waals surface area contributed by atoms with E-state index in [-0.39, 0.29) is 38.6 Å². The molecule has 2 aromatic heterocycles. The van der Waals surface area contributed by atoms with Crippen LogP contribution in [0.1, 0.15) is 43.5 Å². The maximum Gasteiger partial charge on any atom is 0.338 e. The fraction of sp³-hybridized carbons (Fsp3) is 0.154. The summed E-state index contributed by atoms with van der Waals surface area (Å²) in [4.78, 5) is 49.9. The summed E-state index contributed by atoms with van der Waals surface area (Å²) < 4.78 is 13.1. The van der Waals surface area contributed by atoms with Crippen molar-refractivity contribution in [3.63, 3.8) is 0 Å². The number of nitrogens with one attached hydrogen (secondary N) is 1. The van der Waals surface area contributed by atoms with Crippen LogP contribution in [0.2, 0.25) is 10.0 Å². The number of nitro benzene ring substituents is 1. The van der Waals surface area contributed by atoms with Gasteiger partial charge in [0, 0.05) is 22.2 Å². The van der Waals surface area contributed by atoms with Crippen LogP contribution in [-0.4, -0.2) is 43.4 Å². The van der Waals surface area contributed by atoms with Crippen molar-refractivity contribution in [2.75, 3.05) is 6.61 Å². The topological polar surface area (TPSA) is 155 Å². The Balaban J connectivity index is 1.31. The van der Waals surface area contributed by atoms with E-state index in [4.69, 9.17) is 37.7 Å². The lowest BCUT2D eigenvalue weighted by Crippen LogP contribution is -2.40. The highest BCUT2D eigenvalue weighted by atomic mass is 35.5. The first-order valence-corrected chi connectivity index (χ1v) is 19.3. The van der Waals surface area contributed by atoms with E-state index in [0.717, 1.165) is 23.1 Å². The van der Waals surface area contributed by atoms with Gasteiger partial charge in [-0.2, -0.15) is 0 Å². The van der Waals surface area contributed by atoms with E-state index < -0.39 is 22.5 Å². The van der Waals surface area contributed by atoms with Gasteiger partial charge in [-0.25, -0.2) is 14.8 Å². The molecule has 1 aliphatic heterocycles. The number of aromatic nitrogens is 4. The standard InChI is InChI=1S/C39H30Cl2N6O6S2/c1-4-52-37(49)32-33(23-8-6-5-7-9-23)42-39-46(34(32)24-11-14-26(15-12-24)53-21(2)3)36(48)31(55-39)19-22-10-17-30(29(18-22)47(50)51)54-38-43-35(44-45-38)27-16-13-25(40)20-28(27)41/h5-21,34H,4H2,1-3H3,(H,43,44,45)/b31-19-/t34-/m1/s1. The van der Waals surface area contributed by atoms with Gasteiger partial charge in [-0.05, 0) is 86.1 Å². The fourth-order valence-electron chi connectivity index (χ4n) is 5.95. The van der Waals surface area contributed by atoms with Crippen LogP contribution in [0.3, 0.4) is 0 Å². The van der Waals surface area contributed by atoms with E-state index in [1.54, 1.807) is 55.5 Å². The van der Waals surface area contributed by atoms with Crippen LogP contribution >= 0.6 is 46.3 Å². The van der Waals surface area contributed by atoms with E-state index in [9.17, 15) is 19.7 Å². The van der Waals surface area contributed by atoms with Crippen molar-refractivity contribution < 1.29 is 19.2 Å². The van der Waals surface area contributed by atoms with Crippen molar-refractivity contribution in [2.45, 2.75) is 43.0 Å². The number of aromatic amines is 1. The first-order valence-electron chi connectivity index (χ1n) is 16.9. The van der Waals surface area contributed by atoms with Crippen LogP contribution < -0.4 is 19.6 Å². The Morgan fingerprint density at radius 2 is 1.84 bits per heavy atom. The zero-order valence-electron chi connectivity index (χ0n) is 29.4. The van der Waals surface area contributed by atoms with Crippen molar-refractivity contribution in [1.29, 1.82) is 0 Å². The van der Waals surface area contributed by atoms with E-state index in [1.807, 2.05) is 56.3 Å². The lowest BCUT2D eigenvalue weighted by atomic mass is 9.93. The Labute approximate surface area is 331 Å².